The molecule has 0 bridgehead atoms. The van der Waals surface area contributed by atoms with Crippen LogP contribution in [0.25, 0.3) is 0 Å². The zero-order valence-corrected chi connectivity index (χ0v) is 9.59. The minimum Gasteiger partial charge on any atom is -0.395 e. The lowest BCUT2D eigenvalue weighted by Gasteiger charge is -2.28. The van der Waals surface area contributed by atoms with Crippen LogP contribution in [0.1, 0.15) is 39.0 Å². The van der Waals surface area contributed by atoms with Crippen LogP contribution in [-0.4, -0.2) is 31.1 Å². The Bertz CT molecular complexity index is 253. The van der Waals surface area contributed by atoms with Gasteiger partial charge < -0.3 is 5.11 Å². The number of sulfone groups is 1. The van der Waals surface area contributed by atoms with E-state index in [0.29, 0.717) is 0 Å². The predicted octanol–water partition coefficient (Wildman–Crippen LogP) is 1.36. The molecule has 0 spiro atoms. The summed E-state index contributed by atoms with van der Waals surface area (Å²) in [4.78, 5) is 0. The maximum absolute atomic E-state index is 11.7. The molecule has 4 heteroatoms. The molecule has 0 saturated heterocycles. The zero-order valence-electron chi connectivity index (χ0n) is 8.78. The molecule has 0 aromatic rings. The summed E-state index contributed by atoms with van der Waals surface area (Å²) in [5.41, 5.74) is 0. The average Bonchev–Trinajstić information content (AvgIpc) is 2.20. The van der Waals surface area contributed by atoms with Gasteiger partial charge in [-0.2, -0.15) is 0 Å². The van der Waals surface area contributed by atoms with E-state index in [1.165, 1.54) is 6.42 Å². The fraction of sp³-hybridized carbons (Fsp3) is 1.00. The van der Waals surface area contributed by atoms with Crippen molar-refractivity contribution in [1.29, 1.82) is 0 Å². The standard InChI is InChI=1S/C10H20O3S/c1-2-14(12,13)10(8-11)9-6-4-3-5-7-9/h9-11H,2-8H2,1H3. The van der Waals surface area contributed by atoms with Crippen LogP contribution in [0.15, 0.2) is 0 Å². The molecule has 1 fully saturated rings. The van der Waals surface area contributed by atoms with E-state index in [2.05, 4.69) is 0 Å². The van der Waals surface area contributed by atoms with Gasteiger partial charge in [-0.15, -0.1) is 0 Å². The highest BCUT2D eigenvalue weighted by molar-refractivity contribution is 7.92. The van der Waals surface area contributed by atoms with E-state index in [1.807, 2.05) is 0 Å². The van der Waals surface area contributed by atoms with Crippen LogP contribution in [0.4, 0.5) is 0 Å². The number of aliphatic hydroxyl groups is 1. The van der Waals surface area contributed by atoms with Crippen molar-refractivity contribution in [1.82, 2.24) is 0 Å². The molecule has 1 saturated carbocycles. The molecule has 14 heavy (non-hydrogen) atoms. The molecule has 3 nitrogen and oxygen atoms in total. The quantitative estimate of drug-likeness (QED) is 0.778. The van der Waals surface area contributed by atoms with Gasteiger partial charge >= 0.3 is 0 Å². The van der Waals surface area contributed by atoms with Gasteiger partial charge in [0.15, 0.2) is 9.84 Å². The maximum atomic E-state index is 11.7. The Morgan fingerprint density at radius 3 is 2.29 bits per heavy atom. The summed E-state index contributed by atoms with van der Waals surface area (Å²) >= 11 is 0. The van der Waals surface area contributed by atoms with Crippen LogP contribution in [-0.2, 0) is 9.84 Å². The molecular weight excluding hydrogens is 200 g/mol. The van der Waals surface area contributed by atoms with Gasteiger partial charge in [-0.05, 0) is 18.8 Å². The summed E-state index contributed by atoms with van der Waals surface area (Å²) in [6, 6.07) is 0. The molecule has 0 aliphatic heterocycles. The van der Waals surface area contributed by atoms with Gasteiger partial charge in [-0.1, -0.05) is 26.2 Å². The lowest BCUT2D eigenvalue weighted by molar-refractivity contribution is 0.232. The highest BCUT2D eigenvalue weighted by atomic mass is 32.2. The second-order valence-electron chi connectivity index (χ2n) is 4.07. The Labute approximate surface area is 86.4 Å². The summed E-state index contributed by atoms with van der Waals surface area (Å²) in [7, 11) is -3.06. The largest absolute Gasteiger partial charge is 0.395 e. The third kappa shape index (κ3) is 2.70. The molecule has 0 amide bonds. The van der Waals surface area contributed by atoms with Crippen LogP contribution in [0.5, 0.6) is 0 Å². The average molecular weight is 220 g/mol. The Hall–Kier alpha value is -0.0900. The van der Waals surface area contributed by atoms with E-state index in [9.17, 15) is 8.42 Å². The summed E-state index contributed by atoms with van der Waals surface area (Å²) in [5, 5.41) is 8.66. The van der Waals surface area contributed by atoms with E-state index < -0.39 is 15.1 Å². The van der Waals surface area contributed by atoms with Crippen LogP contribution in [0, 0.1) is 5.92 Å². The number of hydrogen-bond acceptors (Lipinski definition) is 3. The van der Waals surface area contributed by atoms with E-state index in [4.69, 9.17) is 5.11 Å². The van der Waals surface area contributed by atoms with Crippen molar-refractivity contribution in [2.45, 2.75) is 44.3 Å². The first kappa shape index (κ1) is 12.0. The third-order valence-electron chi connectivity index (χ3n) is 3.22. The van der Waals surface area contributed by atoms with Crippen molar-refractivity contribution in [3.05, 3.63) is 0 Å². The Balaban J connectivity index is 2.70. The van der Waals surface area contributed by atoms with Crippen molar-refractivity contribution in [2.75, 3.05) is 12.4 Å². The lowest BCUT2D eigenvalue weighted by atomic mass is 9.87. The molecule has 0 aromatic heterocycles. The van der Waals surface area contributed by atoms with Crippen LogP contribution < -0.4 is 0 Å². The minimum atomic E-state index is -3.06. The molecule has 0 radical (unpaired) electrons. The van der Waals surface area contributed by atoms with Gasteiger partial charge in [0, 0.05) is 5.75 Å². The first-order valence-corrected chi connectivity index (χ1v) is 7.15. The monoisotopic (exact) mass is 220 g/mol. The fourth-order valence-electron chi connectivity index (χ4n) is 2.28. The van der Waals surface area contributed by atoms with E-state index in [0.717, 1.165) is 25.7 Å². The van der Waals surface area contributed by atoms with Gasteiger partial charge in [-0.3, -0.25) is 0 Å². The Morgan fingerprint density at radius 2 is 1.86 bits per heavy atom. The summed E-state index contributed by atoms with van der Waals surface area (Å²) in [6.45, 7) is 1.45. The maximum Gasteiger partial charge on any atom is 0.155 e. The number of hydrogen-bond donors (Lipinski definition) is 1. The minimum absolute atomic E-state index is 0.148. The van der Waals surface area contributed by atoms with Crippen molar-refractivity contribution >= 4 is 9.84 Å². The molecule has 0 heterocycles. The Kier molecular flexibility index (Phi) is 4.38. The van der Waals surface area contributed by atoms with E-state index in [1.54, 1.807) is 6.92 Å². The highest BCUT2D eigenvalue weighted by Gasteiger charge is 2.32. The second-order valence-corrected chi connectivity index (χ2v) is 6.58. The SMILES string of the molecule is CCS(=O)(=O)C(CO)C1CCCCC1. The van der Waals surface area contributed by atoms with Crippen molar-refractivity contribution in [2.24, 2.45) is 5.92 Å². The molecule has 1 atom stereocenters. The van der Waals surface area contributed by atoms with Crippen LogP contribution >= 0.6 is 0 Å². The van der Waals surface area contributed by atoms with Crippen molar-refractivity contribution in [3.63, 3.8) is 0 Å². The molecule has 84 valence electrons. The van der Waals surface area contributed by atoms with E-state index in [-0.39, 0.29) is 18.3 Å². The first-order chi connectivity index (χ1) is 6.61. The number of rotatable bonds is 4. The number of aliphatic hydroxyl groups excluding tert-OH is 1. The Morgan fingerprint density at radius 1 is 1.29 bits per heavy atom. The smallest absolute Gasteiger partial charge is 0.155 e. The zero-order chi connectivity index (χ0) is 10.6. The summed E-state index contributed by atoms with van der Waals surface area (Å²) in [6.07, 6.45) is 5.36. The summed E-state index contributed by atoms with van der Waals surface area (Å²) < 4.78 is 23.3. The molecule has 1 rings (SSSR count). The normalized spacial score (nSPS) is 22.1. The third-order valence-corrected chi connectivity index (χ3v) is 5.48. The molecule has 1 unspecified atom stereocenters. The van der Waals surface area contributed by atoms with Crippen LogP contribution in [0.3, 0.4) is 0 Å². The predicted molar refractivity (Wildman–Crippen MR) is 56.9 cm³/mol. The van der Waals surface area contributed by atoms with Crippen LogP contribution in [0.2, 0.25) is 0 Å². The molecule has 0 aromatic carbocycles. The second kappa shape index (κ2) is 5.12. The van der Waals surface area contributed by atoms with Crippen molar-refractivity contribution < 1.29 is 13.5 Å². The topological polar surface area (TPSA) is 54.4 Å². The van der Waals surface area contributed by atoms with Gasteiger partial charge in [0.2, 0.25) is 0 Å². The fourth-order valence-corrected chi connectivity index (χ4v) is 3.79. The van der Waals surface area contributed by atoms with Gasteiger partial charge in [0.05, 0.1) is 11.9 Å². The van der Waals surface area contributed by atoms with Crippen molar-refractivity contribution in [3.8, 4) is 0 Å². The van der Waals surface area contributed by atoms with Gasteiger partial charge in [0.25, 0.3) is 0 Å². The first-order valence-electron chi connectivity index (χ1n) is 5.44. The summed E-state index contributed by atoms with van der Waals surface area (Å²) in [5.74, 6) is 0.341. The van der Waals surface area contributed by atoms with Gasteiger partial charge in [-0.25, -0.2) is 8.42 Å². The highest BCUT2D eigenvalue weighted by Crippen LogP contribution is 2.29. The molecule has 1 N–H and O–H groups in total. The molecule has 1 aliphatic carbocycles. The van der Waals surface area contributed by atoms with E-state index >= 15 is 0 Å². The lowest BCUT2D eigenvalue weighted by Crippen LogP contribution is -2.35. The molecule has 1 aliphatic rings. The van der Waals surface area contributed by atoms with Gasteiger partial charge in [0.1, 0.15) is 0 Å². The molecular formula is C10H20O3S.